The smallest absolute Gasteiger partial charge is 0.220 e. The topological polar surface area (TPSA) is 57.8 Å². The number of aromatic nitrogens is 2. The minimum atomic E-state index is -0.0725. The molecule has 4 heteroatoms. The highest BCUT2D eigenvalue weighted by Gasteiger charge is 2.11. The fraction of sp³-hybridized carbons (Fsp3) is 0.222. The monoisotopic (exact) mass is 293 g/mol. The quantitative estimate of drug-likeness (QED) is 0.757. The predicted molar refractivity (Wildman–Crippen MR) is 87.4 cm³/mol. The lowest BCUT2D eigenvalue weighted by Gasteiger charge is -2.13. The van der Waals surface area contributed by atoms with E-state index in [-0.39, 0.29) is 11.9 Å². The zero-order valence-electron chi connectivity index (χ0n) is 12.5. The Kier molecular flexibility index (Phi) is 4.19. The van der Waals surface area contributed by atoms with Crippen LogP contribution in [0.15, 0.2) is 54.9 Å². The van der Waals surface area contributed by atoms with Crippen LogP contribution in [0.3, 0.4) is 0 Å². The molecule has 4 nitrogen and oxygen atoms in total. The van der Waals surface area contributed by atoms with Crippen molar-refractivity contribution in [2.45, 2.75) is 25.8 Å². The Morgan fingerprint density at radius 1 is 1.23 bits per heavy atom. The van der Waals surface area contributed by atoms with Gasteiger partial charge in [-0.05, 0) is 37.1 Å². The molecule has 0 spiro atoms. The van der Waals surface area contributed by atoms with E-state index in [9.17, 15) is 4.79 Å². The van der Waals surface area contributed by atoms with Gasteiger partial charge < -0.3 is 10.3 Å². The first-order valence-electron chi connectivity index (χ1n) is 7.49. The fourth-order valence-electron chi connectivity index (χ4n) is 2.61. The SMILES string of the molecule is C[C@@H](NC(=O)CCc1c[nH]c2ccccc12)c1ccccn1. The lowest BCUT2D eigenvalue weighted by molar-refractivity contribution is -0.121. The molecule has 112 valence electrons. The van der Waals surface area contributed by atoms with Crippen molar-refractivity contribution >= 4 is 16.8 Å². The van der Waals surface area contributed by atoms with Gasteiger partial charge in [0.05, 0.1) is 11.7 Å². The molecule has 22 heavy (non-hydrogen) atoms. The molecule has 1 atom stereocenters. The standard InChI is InChI=1S/C18H19N3O/c1-13(16-7-4-5-11-19-16)21-18(22)10-9-14-12-20-17-8-3-2-6-15(14)17/h2-8,11-13,20H,9-10H2,1H3,(H,21,22)/t13-/m1/s1. The van der Waals surface area contributed by atoms with E-state index in [1.54, 1.807) is 6.20 Å². The molecular formula is C18H19N3O. The summed E-state index contributed by atoms with van der Waals surface area (Å²) < 4.78 is 0. The van der Waals surface area contributed by atoms with Gasteiger partial charge >= 0.3 is 0 Å². The Bertz CT molecular complexity index is 764. The van der Waals surface area contributed by atoms with Crippen LogP contribution in [0.2, 0.25) is 0 Å². The largest absolute Gasteiger partial charge is 0.361 e. The highest BCUT2D eigenvalue weighted by atomic mass is 16.1. The number of hydrogen-bond acceptors (Lipinski definition) is 2. The Hall–Kier alpha value is -2.62. The van der Waals surface area contributed by atoms with E-state index in [2.05, 4.69) is 21.4 Å². The number of nitrogens with one attached hydrogen (secondary N) is 2. The van der Waals surface area contributed by atoms with E-state index in [1.807, 2.05) is 49.5 Å². The van der Waals surface area contributed by atoms with Crippen LogP contribution in [-0.4, -0.2) is 15.9 Å². The van der Waals surface area contributed by atoms with Crippen LogP contribution in [0.4, 0.5) is 0 Å². The van der Waals surface area contributed by atoms with Crippen LogP contribution in [0.5, 0.6) is 0 Å². The number of nitrogens with zero attached hydrogens (tertiary/aromatic N) is 1. The van der Waals surface area contributed by atoms with Gasteiger partial charge in [0.25, 0.3) is 0 Å². The second-order valence-corrected chi connectivity index (χ2v) is 5.40. The molecule has 0 bridgehead atoms. The average Bonchev–Trinajstić information content (AvgIpc) is 2.97. The van der Waals surface area contributed by atoms with Crippen LogP contribution < -0.4 is 5.32 Å². The number of aryl methyl sites for hydroxylation is 1. The van der Waals surface area contributed by atoms with Crippen molar-refractivity contribution in [1.82, 2.24) is 15.3 Å². The zero-order chi connectivity index (χ0) is 15.4. The fourth-order valence-corrected chi connectivity index (χ4v) is 2.61. The summed E-state index contributed by atoms with van der Waals surface area (Å²) in [4.78, 5) is 19.6. The third-order valence-electron chi connectivity index (χ3n) is 3.81. The Morgan fingerprint density at radius 2 is 2.05 bits per heavy atom. The average molecular weight is 293 g/mol. The third kappa shape index (κ3) is 3.17. The summed E-state index contributed by atoms with van der Waals surface area (Å²) >= 11 is 0. The molecule has 0 saturated heterocycles. The molecule has 0 aliphatic heterocycles. The van der Waals surface area contributed by atoms with E-state index in [0.29, 0.717) is 6.42 Å². The summed E-state index contributed by atoms with van der Waals surface area (Å²) in [6.07, 6.45) is 4.92. The Morgan fingerprint density at radius 3 is 2.86 bits per heavy atom. The molecule has 1 aromatic carbocycles. The van der Waals surface area contributed by atoms with Gasteiger partial charge in [0.15, 0.2) is 0 Å². The summed E-state index contributed by atoms with van der Waals surface area (Å²) in [7, 11) is 0. The number of hydrogen-bond donors (Lipinski definition) is 2. The second kappa shape index (κ2) is 6.43. The summed E-state index contributed by atoms with van der Waals surface area (Å²) in [5, 5.41) is 4.18. The number of carbonyl (C=O) groups excluding carboxylic acids is 1. The number of pyridine rings is 1. The van der Waals surface area contributed by atoms with E-state index in [1.165, 1.54) is 10.9 Å². The second-order valence-electron chi connectivity index (χ2n) is 5.40. The molecule has 1 amide bonds. The van der Waals surface area contributed by atoms with Crippen molar-refractivity contribution in [1.29, 1.82) is 0 Å². The number of H-pyrrole nitrogens is 1. The van der Waals surface area contributed by atoms with Gasteiger partial charge in [-0.1, -0.05) is 24.3 Å². The van der Waals surface area contributed by atoms with Gasteiger partial charge in [-0.3, -0.25) is 9.78 Å². The van der Waals surface area contributed by atoms with Crippen molar-refractivity contribution in [2.75, 3.05) is 0 Å². The highest BCUT2D eigenvalue weighted by Crippen LogP contribution is 2.19. The first-order chi connectivity index (χ1) is 10.7. The molecule has 3 rings (SSSR count). The highest BCUT2D eigenvalue weighted by molar-refractivity contribution is 5.84. The molecule has 0 aliphatic carbocycles. The van der Waals surface area contributed by atoms with E-state index in [0.717, 1.165) is 17.6 Å². The maximum atomic E-state index is 12.1. The first-order valence-corrected chi connectivity index (χ1v) is 7.49. The minimum Gasteiger partial charge on any atom is -0.361 e. The van der Waals surface area contributed by atoms with E-state index in [4.69, 9.17) is 0 Å². The third-order valence-corrected chi connectivity index (χ3v) is 3.81. The summed E-state index contributed by atoms with van der Waals surface area (Å²) in [6.45, 7) is 1.95. The summed E-state index contributed by atoms with van der Waals surface area (Å²) in [5.41, 5.74) is 3.17. The summed E-state index contributed by atoms with van der Waals surface area (Å²) in [6, 6.07) is 13.8. The van der Waals surface area contributed by atoms with Gasteiger partial charge in [-0.15, -0.1) is 0 Å². The molecule has 2 heterocycles. The van der Waals surface area contributed by atoms with Crippen molar-refractivity contribution in [3.05, 3.63) is 66.1 Å². The molecule has 0 fully saturated rings. The maximum absolute atomic E-state index is 12.1. The number of carbonyl (C=O) groups is 1. The Balaban J connectivity index is 1.58. The number of fused-ring (bicyclic) bond motifs is 1. The van der Waals surface area contributed by atoms with Crippen LogP contribution in [-0.2, 0) is 11.2 Å². The summed E-state index contributed by atoms with van der Waals surface area (Å²) in [5.74, 6) is 0.0448. The van der Waals surface area contributed by atoms with E-state index < -0.39 is 0 Å². The number of amides is 1. The number of benzene rings is 1. The van der Waals surface area contributed by atoms with Gasteiger partial charge in [-0.2, -0.15) is 0 Å². The molecule has 0 saturated carbocycles. The minimum absolute atomic E-state index is 0.0448. The van der Waals surface area contributed by atoms with Gasteiger partial charge in [-0.25, -0.2) is 0 Å². The van der Waals surface area contributed by atoms with E-state index >= 15 is 0 Å². The van der Waals surface area contributed by atoms with Crippen molar-refractivity contribution in [3.63, 3.8) is 0 Å². The maximum Gasteiger partial charge on any atom is 0.220 e. The molecule has 0 aliphatic rings. The molecule has 0 unspecified atom stereocenters. The lowest BCUT2D eigenvalue weighted by Crippen LogP contribution is -2.27. The molecule has 3 aromatic rings. The molecule has 2 N–H and O–H groups in total. The van der Waals surface area contributed by atoms with Crippen LogP contribution in [0.25, 0.3) is 10.9 Å². The molecule has 2 aromatic heterocycles. The van der Waals surface area contributed by atoms with Crippen molar-refractivity contribution in [3.8, 4) is 0 Å². The lowest BCUT2D eigenvalue weighted by atomic mass is 10.1. The first kappa shape index (κ1) is 14.3. The molecule has 0 radical (unpaired) electrons. The zero-order valence-corrected chi connectivity index (χ0v) is 12.5. The van der Waals surface area contributed by atoms with Crippen LogP contribution >= 0.6 is 0 Å². The van der Waals surface area contributed by atoms with Gasteiger partial charge in [0, 0.05) is 29.7 Å². The predicted octanol–water partition coefficient (Wildman–Crippen LogP) is 3.37. The number of para-hydroxylation sites is 1. The Labute approximate surface area is 129 Å². The van der Waals surface area contributed by atoms with Gasteiger partial charge in [0.2, 0.25) is 5.91 Å². The van der Waals surface area contributed by atoms with Crippen molar-refractivity contribution < 1.29 is 4.79 Å². The number of rotatable bonds is 5. The number of aromatic amines is 1. The van der Waals surface area contributed by atoms with Crippen LogP contribution in [0, 0.1) is 0 Å². The van der Waals surface area contributed by atoms with Crippen LogP contribution in [0.1, 0.15) is 30.6 Å². The van der Waals surface area contributed by atoms with Crippen molar-refractivity contribution in [2.24, 2.45) is 0 Å². The molecular weight excluding hydrogens is 274 g/mol. The normalized spacial score (nSPS) is 12.2. The van der Waals surface area contributed by atoms with Gasteiger partial charge in [0.1, 0.15) is 0 Å².